The van der Waals surface area contributed by atoms with Crippen LogP contribution < -0.4 is 16.2 Å². The molecular formula is C20H18F4N6. The van der Waals surface area contributed by atoms with Gasteiger partial charge in [0.05, 0.1) is 5.69 Å². The van der Waals surface area contributed by atoms with Crippen LogP contribution in [0, 0.1) is 23.3 Å². The standard InChI is InChI=1S/C20H18F4N6/c21-13-8-14(22)18(24)19(17(13)23)30-29-16-9-15(11-4-3-7-25-10-11)27-20(28-16)26-12-5-1-2-6-12/h3-4,7-10,12,30H,1-2,5-6H2,(H2,26,27,28,29). The summed E-state index contributed by atoms with van der Waals surface area (Å²) in [6, 6.07) is 5.43. The number of aromatic nitrogens is 3. The maximum atomic E-state index is 13.9. The number of hydrogen-bond donors (Lipinski definition) is 3. The first kappa shape index (κ1) is 19.9. The van der Waals surface area contributed by atoms with Crippen LogP contribution in [0.15, 0.2) is 36.7 Å². The fourth-order valence-electron chi connectivity index (χ4n) is 3.30. The van der Waals surface area contributed by atoms with Crippen LogP contribution in [0.1, 0.15) is 25.7 Å². The van der Waals surface area contributed by atoms with E-state index in [9.17, 15) is 17.6 Å². The molecule has 0 unspecified atom stereocenters. The molecule has 0 spiro atoms. The monoisotopic (exact) mass is 418 g/mol. The van der Waals surface area contributed by atoms with Gasteiger partial charge in [0.1, 0.15) is 5.69 Å². The number of halogens is 4. The Morgan fingerprint density at radius 3 is 2.30 bits per heavy atom. The van der Waals surface area contributed by atoms with E-state index in [0.717, 1.165) is 25.7 Å². The van der Waals surface area contributed by atoms with Crippen LogP contribution in [0.2, 0.25) is 0 Å². The third-order valence-corrected chi connectivity index (χ3v) is 4.80. The van der Waals surface area contributed by atoms with Gasteiger partial charge in [-0.2, -0.15) is 4.98 Å². The van der Waals surface area contributed by atoms with E-state index in [1.54, 1.807) is 24.5 Å². The first-order valence-corrected chi connectivity index (χ1v) is 9.42. The van der Waals surface area contributed by atoms with Gasteiger partial charge in [-0.15, -0.1) is 0 Å². The minimum absolute atomic E-state index is 0.144. The predicted octanol–water partition coefficient (Wildman–Crippen LogP) is 4.89. The SMILES string of the molecule is Fc1cc(F)c(F)c(NNc2cc(-c3cccnc3)nc(NC3CCCC3)n2)c1F. The van der Waals surface area contributed by atoms with Gasteiger partial charge in [-0.1, -0.05) is 12.8 Å². The van der Waals surface area contributed by atoms with Crippen LogP contribution in [0.3, 0.4) is 0 Å². The highest BCUT2D eigenvalue weighted by molar-refractivity contribution is 5.64. The van der Waals surface area contributed by atoms with Crippen LogP contribution in [0.5, 0.6) is 0 Å². The minimum atomic E-state index is -1.55. The Morgan fingerprint density at radius 1 is 0.900 bits per heavy atom. The molecular weight excluding hydrogens is 400 g/mol. The smallest absolute Gasteiger partial charge is 0.225 e. The van der Waals surface area contributed by atoms with Crippen LogP contribution in [0.4, 0.5) is 35.0 Å². The van der Waals surface area contributed by atoms with E-state index in [1.807, 2.05) is 0 Å². The molecule has 1 saturated carbocycles. The summed E-state index contributed by atoms with van der Waals surface area (Å²) in [5.41, 5.74) is 4.89. The van der Waals surface area contributed by atoms with Crippen LogP contribution >= 0.6 is 0 Å². The average Bonchev–Trinajstić information content (AvgIpc) is 3.26. The largest absolute Gasteiger partial charge is 0.351 e. The van der Waals surface area contributed by atoms with Crippen molar-refractivity contribution in [3.05, 3.63) is 59.9 Å². The molecule has 0 saturated heterocycles. The first-order valence-electron chi connectivity index (χ1n) is 9.42. The molecule has 4 rings (SSSR count). The van der Waals surface area contributed by atoms with Gasteiger partial charge in [0.2, 0.25) is 5.95 Å². The third-order valence-electron chi connectivity index (χ3n) is 4.80. The van der Waals surface area contributed by atoms with Crippen molar-refractivity contribution >= 4 is 17.5 Å². The second kappa shape index (κ2) is 8.52. The van der Waals surface area contributed by atoms with E-state index in [-0.39, 0.29) is 17.9 Å². The van der Waals surface area contributed by atoms with Crippen LogP contribution in [-0.2, 0) is 0 Å². The number of hydrogen-bond acceptors (Lipinski definition) is 6. The van der Waals surface area contributed by atoms with Crippen molar-refractivity contribution in [2.75, 3.05) is 16.2 Å². The number of nitrogens with zero attached hydrogens (tertiary/aromatic N) is 3. The van der Waals surface area contributed by atoms with E-state index in [4.69, 9.17) is 0 Å². The Bertz CT molecular complexity index is 1010. The number of nitrogens with one attached hydrogen (secondary N) is 3. The van der Waals surface area contributed by atoms with Crippen molar-refractivity contribution in [2.24, 2.45) is 0 Å². The summed E-state index contributed by atoms with van der Waals surface area (Å²) in [7, 11) is 0. The minimum Gasteiger partial charge on any atom is -0.351 e. The van der Waals surface area contributed by atoms with Gasteiger partial charge in [0.15, 0.2) is 29.1 Å². The summed E-state index contributed by atoms with van der Waals surface area (Å²) in [5, 5.41) is 3.25. The van der Waals surface area contributed by atoms with Crippen LogP contribution in [0.25, 0.3) is 11.3 Å². The summed E-state index contributed by atoms with van der Waals surface area (Å²) in [4.78, 5) is 12.8. The number of pyridine rings is 1. The van der Waals surface area contributed by atoms with E-state index < -0.39 is 29.0 Å². The molecule has 2 heterocycles. The highest BCUT2D eigenvalue weighted by Gasteiger charge is 2.20. The zero-order chi connectivity index (χ0) is 21.1. The molecule has 30 heavy (non-hydrogen) atoms. The van der Waals surface area contributed by atoms with Gasteiger partial charge in [-0.05, 0) is 25.0 Å². The molecule has 0 atom stereocenters. The van der Waals surface area contributed by atoms with E-state index in [2.05, 4.69) is 31.1 Å². The van der Waals surface area contributed by atoms with Gasteiger partial charge in [-0.3, -0.25) is 15.8 Å². The Balaban J connectivity index is 1.63. The van der Waals surface area contributed by atoms with E-state index in [1.165, 1.54) is 6.07 Å². The molecule has 0 amide bonds. The fourth-order valence-corrected chi connectivity index (χ4v) is 3.30. The molecule has 2 aromatic heterocycles. The van der Waals surface area contributed by atoms with Gasteiger partial charge in [0, 0.05) is 36.1 Å². The fraction of sp³-hybridized carbons (Fsp3) is 0.250. The zero-order valence-electron chi connectivity index (χ0n) is 15.7. The number of hydrazine groups is 1. The molecule has 6 nitrogen and oxygen atoms in total. The maximum absolute atomic E-state index is 13.9. The van der Waals surface area contributed by atoms with E-state index in [0.29, 0.717) is 17.2 Å². The summed E-state index contributed by atoms with van der Waals surface area (Å²) in [6.07, 6.45) is 7.42. The topological polar surface area (TPSA) is 74.8 Å². The lowest BCUT2D eigenvalue weighted by Gasteiger charge is -2.16. The highest BCUT2D eigenvalue weighted by Crippen LogP contribution is 2.27. The summed E-state index contributed by atoms with van der Waals surface area (Å²) >= 11 is 0. The lowest BCUT2D eigenvalue weighted by molar-refractivity contribution is 0.459. The molecule has 0 radical (unpaired) electrons. The van der Waals surface area contributed by atoms with Gasteiger partial charge >= 0.3 is 0 Å². The molecule has 0 bridgehead atoms. The Labute approximate surface area is 169 Å². The Morgan fingerprint density at radius 2 is 1.63 bits per heavy atom. The summed E-state index contributed by atoms with van der Waals surface area (Å²) in [6.45, 7) is 0. The number of rotatable bonds is 6. The van der Waals surface area contributed by atoms with E-state index >= 15 is 0 Å². The molecule has 1 aliphatic carbocycles. The lowest BCUT2D eigenvalue weighted by Crippen LogP contribution is -2.19. The highest BCUT2D eigenvalue weighted by atomic mass is 19.2. The normalized spacial score (nSPS) is 14.0. The number of anilines is 3. The third kappa shape index (κ3) is 4.27. The van der Waals surface area contributed by atoms with Gasteiger partial charge in [-0.25, -0.2) is 22.5 Å². The number of benzene rings is 1. The lowest BCUT2D eigenvalue weighted by atomic mass is 10.2. The average molecular weight is 418 g/mol. The second-order valence-electron chi connectivity index (χ2n) is 6.92. The molecule has 3 aromatic rings. The van der Waals surface area contributed by atoms with Crippen molar-refractivity contribution in [2.45, 2.75) is 31.7 Å². The molecule has 10 heteroatoms. The quantitative estimate of drug-likeness (QED) is 0.301. The Kier molecular flexibility index (Phi) is 5.64. The second-order valence-corrected chi connectivity index (χ2v) is 6.92. The van der Waals surface area contributed by atoms with Crippen molar-refractivity contribution in [1.29, 1.82) is 0 Å². The molecule has 1 aliphatic rings. The van der Waals surface area contributed by atoms with Crippen molar-refractivity contribution in [3.63, 3.8) is 0 Å². The summed E-state index contributed by atoms with van der Waals surface area (Å²) in [5.74, 6) is -5.66. The Hall–Kier alpha value is -3.43. The molecule has 0 aliphatic heterocycles. The molecule has 156 valence electrons. The predicted molar refractivity (Wildman–Crippen MR) is 105 cm³/mol. The molecule has 3 N–H and O–H groups in total. The molecule has 1 aromatic carbocycles. The first-order chi connectivity index (χ1) is 14.5. The van der Waals surface area contributed by atoms with Crippen molar-refractivity contribution in [1.82, 2.24) is 15.0 Å². The summed E-state index contributed by atoms with van der Waals surface area (Å²) < 4.78 is 54.7. The molecule has 1 fully saturated rings. The van der Waals surface area contributed by atoms with Gasteiger partial charge in [0.25, 0.3) is 0 Å². The van der Waals surface area contributed by atoms with Crippen LogP contribution in [-0.4, -0.2) is 21.0 Å². The maximum Gasteiger partial charge on any atom is 0.225 e. The van der Waals surface area contributed by atoms with Crippen molar-refractivity contribution < 1.29 is 17.6 Å². The van der Waals surface area contributed by atoms with Crippen molar-refractivity contribution in [3.8, 4) is 11.3 Å². The zero-order valence-corrected chi connectivity index (χ0v) is 15.7. The van der Waals surface area contributed by atoms with Gasteiger partial charge < -0.3 is 5.32 Å².